The Kier molecular flexibility index (Phi) is 4.76. The standard InChI is InChI=1S/C22H21N5O/c1-15-3-10-21-26-19(14-27(21)13-15)17-5-7-18(8-6-17)25-22(28)11-16-4-9-20(23-2)24-12-16/h3-10,12-14H,11H2,1-2H3,(H,23,24)(H,25,28). The average molecular weight is 371 g/mol. The lowest BCUT2D eigenvalue weighted by Gasteiger charge is -2.06. The minimum Gasteiger partial charge on any atom is -0.373 e. The molecule has 0 atom stereocenters. The third kappa shape index (κ3) is 3.86. The van der Waals surface area contributed by atoms with E-state index in [0.717, 1.165) is 34.0 Å². The zero-order valence-corrected chi connectivity index (χ0v) is 15.8. The van der Waals surface area contributed by atoms with Crippen LogP contribution in [0.3, 0.4) is 0 Å². The van der Waals surface area contributed by atoms with Gasteiger partial charge in [-0.05, 0) is 42.3 Å². The molecule has 0 fully saturated rings. The van der Waals surface area contributed by atoms with Crippen LogP contribution in [0.25, 0.3) is 16.9 Å². The summed E-state index contributed by atoms with van der Waals surface area (Å²) < 4.78 is 2.02. The van der Waals surface area contributed by atoms with Gasteiger partial charge in [0.1, 0.15) is 11.5 Å². The van der Waals surface area contributed by atoms with Crippen LogP contribution in [0.1, 0.15) is 11.1 Å². The van der Waals surface area contributed by atoms with Gasteiger partial charge in [-0.25, -0.2) is 9.97 Å². The molecule has 6 nitrogen and oxygen atoms in total. The quantitative estimate of drug-likeness (QED) is 0.558. The summed E-state index contributed by atoms with van der Waals surface area (Å²) in [7, 11) is 1.81. The number of fused-ring (bicyclic) bond motifs is 1. The van der Waals surface area contributed by atoms with Crippen LogP contribution in [-0.4, -0.2) is 27.3 Å². The number of carbonyl (C=O) groups is 1. The van der Waals surface area contributed by atoms with Gasteiger partial charge in [0.05, 0.1) is 12.1 Å². The number of carbonyl (C=O) groups excluding carboxylic acids is 1. The van der Waals surface area contributed by atoms with E-state index in [0.29, 0.717) is 0 Å². The van der Waals surface area contributed by atoms with Gasteiger partial charge in [0.25, 0.3) is 0 Å². The molecule has 0 bridgehead atoms. The van der Waals surface area contributed by atoms with Crippen molar-refractivity contribution in [3.63, 3.8) is 0 Å². The first-order chi connectivity index (χ1) is 13.6. The summed E-state index contributed by atoms with van der Waals surface area (Å²) in [6, 6.07) is 15.5. The number of imidazole rings is 1. The van der Waals surface area contributed by atoms with Gasteiger partial charge in [-0.15, -0.1) is 0 Å². The van der Waals surface area contributed by atoms with Gasteiger partial charge in [-0.2, -0.15) is 0 Å². The molecule has 0 unspecified atom stereocenters. The second kappa shape index (κ2) is 7.52. The maximum atomic E-state index is 12.3. The molecule has 3 aromatic heterocycles. The first-order valence-electron chi connectivity index (χ1n) is 9.09. The molecule has 28 heavy (non-hydrogen) atoms. The van der Waals surface area contributed by atoms with Crippen molar-refractivity contribution in [2.24, 2.45) is 0 Å². The number of aryl methyl sites for hydroxylation is 1. The van der Waals surface area contributed by atoms with Crippen molar-refractivity contribution in [3.8, 4) is 11.3 Å². The Balaban J connectivity index is 1.44. The molecule has 0 saturated carbocycles. The van der Waals surface area contributed by atoms with Gasteiger partial charge in [0.15, 0.2) is 0 Å². The molecule has 3 heterocycles. The molecule has 2 N–H and O–H groups in total. The average Bonchev–Trinajstić information content (AvgIpc) is 3.12. The first kappa shape index (κ1) is 17.7. The fourth-order valence-corrected chi connectivity index (χ4v) is 3.03. The number of benzene rings is 1. The van der Waals surface area contributed by atoms with Gasteiger partial charge in [-0.1, -0.05) is 24.3 Å². The molecule has 140 valence electrons. The van der Waals surface area contributed by atoms with Crippen LogP contribution >= 0.6 is 0 Å². The van der Waals surface area contributed by atoms with Crippen molar-refractivity contribution in [3.05, 3.63) is 78.2 Å². The van der Waals surface area contributed by atoms with Gasteiger partial charge < -0.3 is 15.0 Å². The van der Waals surface area contributed by atoms with E-state index in [4.69, 9.17) is 0 Å². The number of amides is 1. The van der Waals surface area contributed by atoms with Crippen LogP contribution in [0.2, 0.25) is 0 Å². The molecule has 0 aliphatic heterocycles. The Bertz CT molecular complexity index is 1110. The first-order valence-corrected chi connectivity index (χ1v) is 9.09. The number of hydrogen-bond acceptors (Lipinski definition) is 4. The number of pyridine rings is 2. The smallest absolute Gasteiger partial charge is 0.228 e. The fraction of sp³-hybridized carbons (Fsp3) is 0.136. The predicted molar refractivity (Wildman–Crippen MR) is 111 cm³/mol. The topological polar surface area (TPSA) is 71.3 Å². The molecule has 0 aliphatic carbocycles. The highest BCUT2D eigenvalue weighted by Crippen LogP contribution is 2.22. The number of hydrogen-bond donors (Lipinski definition) is 2. The summed E-state index contributed by atoms with van der Waals surface area (Å²) in [6.07, 6.45) is 6.06. The Labute approximate surface area is 163 Å². The zero-order valence-electron chi connectivity index (χ0n) is 15.8. The van der Waals surface area contributed by atoms with Crippen molar-refractivity contribution in [1.29, 1.82) is 0 Å². The molecular weight excluding hydrogens is 350 g/mol. The number of nitrogens with one attached hydrogen (secondary N) is 2. The molecule has 0 aliphatic rings. The van der Waals surface area contributed by atoms with E-state index in [1.54, 1.807) is 6.20 Å². The SMILES string of the molecule is CNc1ccc(CC(=O)Nc2ccc(-c3cn4cc(C)ccc4n3)cc2)cn1. The van der Waals surface area contributed by atoms with Crippen LogP contribution in [0.5, 0.6) is 0 Å². The summed E-state index contributed by atoms with van der Waals surface area (Å²) in [5.41, 5.74) is 5.63. The second-order valence-corrected chi connectivity index (χ2v) is 6.70. The van der Waals surface area contributed by atoms with Crippen LogP contribution in [0.4, 0.5) is 11.5 Å². The van der Waals surface area contributed by atoms with Gasteiger partial charge in [-0.3, -0.25) is 4.79 Å². The lowest BCUT2D eigenvalue weighted by Crippen LogP contribution is -2.14. The number of nitrogens with zero attached hydrogens (tertiary/aromatic N) is 3. The summed E-state index contributed by atoms with van der Waals surface area (Å²) in [4.78, 5) is 21.1. The Morgan fingerprint density at radius 3 is 2.57 bits per heavy atom. The molecule has 0 spiro atoms. The highest BCUT2D eigenvalue weighted by Gasteiger charge is 2.07. The van der Waals surface area contributed by atoms with E-state index in [9.17, 15) is 4.79 Å². The zero-order chi connectivity index (χ0) is 19.5. The molecule has 6 heteroatoms. The van der Waals surface area contributed by atoms with Crippen LogP contribution in [0.15, 0.2) is 67.1 Å². The summed E-state index contributed by atoms with van der Waals surface area (Å²) in [5, 5.41) is 5.88. The van der Waals surface area contributed by atoms with E-state index in [1.807, 2.05) is 66.2 Å². The maximum absolute atomic E-state index is 12.3. The summed E-state index contributed by atoms with van der Waals surface area (Å²) in [5.74, 6) is 0.705. The monoisotopic (exact) mass is 371 g/mol. The fourth-order valence-electron chi connectivity index (χ4n) is 3.03. The largest absolute Gasteiger partial charge is 0.373 e. The highest BCUT2D eigenvalue weighted by atomic mass is 16.1. The molecule has 4 aromatic rings. The Morgan fingerprint density at radius 1 is 1.04 bits per heavy atom. The molecule has 4 rings (SSSR count). The molecule has 0 saturated heterocycles. The maximum Gasteiger partial charge on any atom is 0.228 e. The van der Waals surface area contributed by atoms with E-state index >= 15 is 0 Å². The van der Waals surface area contributed by atoms with E-state index in [2.05, 4.69) is 33.7 Å². The summed E-state index contributed by atoms with van der Waals surface area (Å²) in [6.45, 7) is 2.06. The van der Waals surface area contributed by atoms with Crippen LogP contribution < -0.4 is 10.6 Å². The predicted octanol–water partition coefficient (Wildman–Crippen LogP) is 3.93. The van der Waals surface area contributed by atoms with E-state index < -0.39 is 0 Å². The Morgan fingerprint density at radius 2 is 1.86 bits per heavy atom. The Hall–Kier alpha value is -3.67. The number of aromatic nitrogens is 3. The molecule has 1 aromatic carbocycles. The van der Waals surface area contributed by atoms with Crippen molar-refractivity contribution in [2.45, 2.75) is 13.3 Å². The number of rotatable bonds is 5. The lowest BCUT2D eigenvalue weighted by molar-refractivity contribution is -0.115. The van der Waals surface area contributed by atoms with Crippen molar-refractivity contribution < 1.29 is 4.79 Å². The molecule has 1 amide bonds. The second-order valence-electron chi connectivity index (χ2n) is 6.70. The van der Waals surface area contributed by atoms with Crippen molar-refractivity contribution in [2.75, 3.05) is 17.7 Å². The normalized spacial score (nSPS) is 10.8. The summed E-state index contributed by atoms with van der Waals surface area (Å²) >= 11 is 0. The van der Waals surface area contributed by atoms with E-state index in [1.165, 1.54) is 5.56 Å². The lowest BCUT2D eigenvalue weighted by atomic mass is 10.1. The highest BCUT2D eigenvalue weighted by molar-refractivity contribution is 5.92. The van der Waals surface area contributed by atoms with Gasteiger partial charge in [0.2, 0.25) is 5.91 Å². The van der Waals surface area contributed by atoms with Gasteiger partial charge in [0, 0.05) is 36.9 Å². The minimum absolute atomic E-state index is 0.0741. The molecule has 0 radical (unpaired) electrons. The molecular formula is C22H21N5O. The number of anilines is 2. The van der Waals surface area contributed by atoms with E-state index in [-0.39, 0.29) is 12.3 Å². The van der Waals surface area contributed by atoms with Crippen molar-refractivity contribution in [1.82, 2.24) is 14.4 Å². The third-order valence-corrected chi connectivity index (χ3v) is 4.51. The third-order valence-electron chi connectivity index (χ3n) is 4.51. The van der Waals surface area contributed by atoms with Gasteiger partial charge >= 0.3 is 0 Å². The van der Waals surface area contributed by atoms with Crippen molar-refractivity contribution >= 4 is 23.1 Å². The van der Waals surface area contributed by atoms with Crippen LogP contribution in [-0.2, 0) is 11.2 Å². The minimum atomic E-state index is -0.0741. The van der Waals surface area contributed by atoms with Crippen LogP contribution in [0, 0.1) is 6.92 Å².